The van der Waals surface area contributed by atoms with E-state index in [9.17, 15) is 5.11 Å². The Morgan fingerprint density at radius 2 is 1.92 bits per heavy atom. The Kier molecular flexibility index (Phi) is 5.75. The van der Waals surface area contributed by atoms with Crippen molar-refractivity contribution >= 4 is 22.5 Å². The smallest absolute Gasteiger partial charge is 0.119 e. The second kappa shape index (κ2) is 8.20. The van der Waals surface area contributed by atoms with Crippen molar-refractivity contribution in [1.29, 1.82) is 0 Å². The molecule has 0 aliphatic carbocycles. The first-order valence-electron chi connectivity index (χ1n) is 8.04. The van der Waals surface area contributed by atoms with Gasteiger partial charge in [-0.2, -0.15) is 0 Å². The van der Waals surface area contributed by atoms with E-state index < -0.39 is 6.10 Å². The Labute approximate surface area is 146 Å². The van der Waals surface area contributed by atoms with Crippen LogP contribution in [0.25, 0.3) is 10.9 Å². The molecule has 0 bridgehead atoms. The summed E-state index contributed by atoms with van der Waals surface area (Å²) < 4.78 is 5.53. The molecule has 2 aromatic carbocycles. The van der Waals surface area contributed by atoms with Crippen LogP contribution in [0.5, 0.6) is 5.75 Å². The van der Waals surface area contributed by atoms with E-state index in [0.29, 0.717) is 17.3 Å². The molecule has 0 amide bonds. The van der Waals surface area contributed by atoms with Crippen molar-refractivity contribution in [2.75, 3.05) is 19.7 Å². The maximum absolute atomic E-state index is 9.97. The second-order valence-corrected chi connectivity index (χ2v) is 6.17. The molecule has 3 aromatic rings. The quantitative estimate of drug-likeness (QED) is 0.549. The fraction of sp³-hybridized carbons (Fsp3) is 0.263. The SMILES string of the molecule is O[C@H](CNCCc1c[nH]c2ccccc12)COc1ccc(Cl)cc1. The molecule has 1 atom stereocenters. The average molecular weight is 345 g/mol. The third kappa shape index (κ3) is 4.51. The molecule has 3 N–H and O–H groups in total. The fourth-order valence-corrected chi connectivity index (χ4v) is 2.74. The molecule has 0 radical (unpaired) electrons. The number of aliphatic hydroxyl groups excluding tert-OH is 1. The molecule has 3 rings (SSSR count). The lowest BCUT2D eigenvalue weighted by Gasteiger charge is -2.13. The number of H-pyrrole nitrogens is 1. The van der Waals surface area contributed by atoms with Gasteiger partial charge in [0.1, 0.15) is 18.5 Å². The van der Waals surface area contributed by atoms with Crippen molar-refractivity contribution in [1.82, 2.24) is 10.3 Å². The summed E-state index contributed by atoms with van der Waals surface area (Å²) in [4.78, 5) is 3.27. The van der Waals surface area contributed by atoms with Crippen molar-refractivity contribution in [3.05, 3.63) is 65.3 Å². The molecule has 126 valence electrons. The minimum Gasteiger partial charge on any atom is -0.491 e. The van der Waals surface area contributed by atoms with Crippen molar-refractivity contribution in [2.24, 2.45) is 0 Å². The molecule has 0 unspecified atom stereocenters. The van der Waals surface area contributed by atoms with E-state index in [1.807, 2.05) is 18.3 Å². The number of hydrogen-bond donors (Lipinski definition) is 3. The molecule has 0 saturated heterocycles. The highest BCUT2D eigenvalue weighted by Gasteiger charge is 2.06. The van der Waals surface area contributed by atoms with E-state index in [4.69, 9.17) is 16.3 Å². The van der Waals surface area contributed by atoms with E-state index >= 15 is 0 Å². The Morgan fingerprint density at radius 3 is 2.75 bits per heavy atom. The van der Waals surface area contributed by atoms with Crippen molar-refractivity contribution in [3.63, 3.8) is 0 Å². The summed E-state index contributed by atoms with van der Waals surface area (Å²) >= 11 is 5.82. The number of benzene rings is 2. The molecule has 0 aliphatic heterocycles. The molecule has 0 fully saturated rings. The van der Waals surface area contributed by atoms with E-state index in [2.05, 4.69) is 22.4 Å². The van der Waals surface area contributed by atoms with Gasteiger partial charge in [-0.1, -0.05) is 29.8 Å². The van der Waals surface area contributed by atoms with Gasteiger partial charge >= 0.3 is 0 Å². The summed E-state index contributed by atoms with van der Waals surface area (Å²) in [6.45, 7) is 1.55. The molecule has 0 aliphatic rings. The number of fused-ring (bicyclic) bond motifs is 1. The predicted molar refractivity (Wildman–Crippen MR) is 97.8 cm³/mol. The van der Waals surface area contributed by atoms with Crippen LogP contribution in [0.4, 0.5) is 0 Å². The number of para-hydroxylation sites is 1. The third-order valence-corrected chi connectivity index (χ3v) is 4.13. The number of aromatic amines is 1. The van der Waals surface area contributed by atoms with Gasteiger partial charge in [-0.05, 0) is 48.9 Å². The maximum Gasteiger partial charge on any atom is 0.119 e. The molecule has 5 heteroatoms. The normalized spacial score (nSPS) is 12.4. The highest BCUT2D eigenvalue weighted by molar-refractivity contribution is 6.30. The highest BCUT2D eigenvalue weighted by Crippen LogP contribution is 2.18. The zero-order valence-corrected chi connectivity index (χ0v) is 14.1. The van der Waals surface area contributed by atoms with Gasteiger partial charge in [0.2, 0.25) is 0 Å². The van der Waals surface area contributed by atoms with Crippen LogP contribution >= 0.6 is 11.6 Å². The first-order chi connectivity index (χ1) is 11.7. The lowest BCUT2D eigenvalue weighted by atomic mass is 10.1. The maximum atomic E-state index is 9.97. The standard InChI is InChI=1S/C19H21ClN2O2/c20-15-5-7-17(8-6-15)24-13-16(23)12-21-10-9-14-11-22-19-4-2-1-3-18(14)19/h1-8,11,16,21-23H,9-10,12-13H2/t16-/m1/s1. The second-order valence-electron chi connectivity index (χ2n) is 5.73. The fourth-order valence-electron chi connectivity index (χ4n) is 2.61. The average Bonchev–Trinajstić information content (AvgIpc) is 3.01. The summed E-state index contributed by atoms with van der Waals surface area (Å²) in [6.07, 6.45) is 2.41. The number of rotatable bonds is 8. The van der Waals surface area contributed by atoms with Crippen LogP contribution in [-0.2, 0) is 6.42 Å². The lowest BCUT2D eigenvalue weighted by Crippen LogP contribution is -2.32. The van der Waals surface area contributed by atoms with Gasteiger partial charge in [0.15, 0.2) is 0 Å². The molecule has 1 heterocycles. The molecular formula is C19H21ClN2O2. The van der Waals surface area contributed by atoms with Crippen LogP contribution in [0.15, 0.2) is 54.7 Å². The molecule has 24 heavy (non-hydrogen) atoms. The number of aromatic nitrogens is 1. The zero-order chi connectivity index (χ0) is 16.8. The van der Waals surface area contributed by atoms with E-state index in [1.165, 1.54) is 10.9 Å². The molecule has 4 nitrogen and oxygen atoms in total. The van der Waals surface area contributed by atoms with E-state index in [1.54, 1.807) is 24.3 Å². The van der Waals surface area contributed by atoms with Gasteiger partial charge in [0, 0.05) is 28.7 Å². The summed E-state index contributed by atoms with van der Waals surface area (Å²) in [5.74, 6) is 0.706. The summed E-state index contributed by atoms with van der Waals surface area (Å²) in [7, 11) is 0. The molecule has 1 aromatic heterocycles. The first kappa shape index (κ1) is 16.8. The van der Waals surface area contributed by atoms with Crippen LogP contribution in [0.1, 0.15) is 5.56 Å². The summed E-state index contributed by atoms with van der Waals surface area (Å²) in [5, 5.41) is 15.2. The minimum absolute atomic E-state index is 0.252. The topological polar surface area (TPSA) is 57.3 Å². The highest BCUT2D eigenvalue weighted by atomic mass is 35.5. The van der Waals surface area contributed by atoms with Crippen LogP contribution < -0.4 is 10.1 Å². The van der Waals surface area contributed by atoms with Gasteiger partial charge in [-0.3, -0.25) is 0 Å². The molecule has 0 saturated carbocycles. The Morgan fingerprint density at radius 1 is 1.12 bits per heavy atom. The van der Waals surface area contributed by atoms with Crippen LogP contribution in [-0.4, -0.2) is 35.9 Å². The number of hydrogen-bond acceptors (Lipinski definition) is 3. The Hall–Kier alpha value is -2.01. The van der Waals surface area contributed by atoms with Crippen molar-refractivity contribution < 1.29 is 9.84 Å². The monoisotopic (exact) mass is 344 g/mol. The van der Waals surface area contributed by atoms with Gasteiger partial charge in [0.05, 0.1) is 0 Å². The lowest BCUT2D eigenvalue weighted by molar-refractivity contribution is 0.106. The van der Waals surface area contributed by atoms with Crippen molar-refractivity contribution in [2.45, 2.75) is 12.5 Å². The summed E-state index contributed by atoms with van der Waals surface area (Å²) in [5.41, 5.74) is 2.44. The van der Waals surface area contributed by atoms with Crippen LogP contribution in [0.2, 0.25) is 5.02 Å². The van der Waals surface area contributed by atoms with Gasteiger partial charge in [-0.25, -0.2) is 0 Å². The number of ether oxygens (including phenoxy) is 1. The Balaban J connectivity index is 1.37. The number of aliphatic hydroxyl groups is 1. The van der Waals surface area contributed by atoms with Gasteiger partial charge < -0.3 is 20.1 Å². The zero-order valence-electron chi connectivity index (χ0n) is 13.3. The predicted octanol–water partition coefficient (Wildman–Crippen LogP) is 3.39. The minimum atomic E-state index is -0.552. The third-order valence-electron chi connectivity index (χ3n) is 3.88. The van der Waals surface area contributed by atoms with E-state index in [0.717, 1.165) is 18.5 Å². The molecular weight excluding hydrogens is 324 g/mol. The van der Waals surface area contributed by atoms with Crippen molar-refractivity contribution in [3.8, 4) is 5.75 Å². The molecule has 0 spiro atoms. The number of halogens is 1. The Bertz CT molecular complexity index is 770. The van der Waals surface area contributed by atoms with Gasteiger partial charge in [-0.15, -0.1) is 0 Å². The van der Waals surface area contributed by atoms with Crippen LogP contribution in [0, 0.1) is 0 Å². The largest absolute Gasteiger partial charge is 0.491 e. The summed E-state index contributed by atoms with van der Waals surface area (Å²) in [6, 6.07) is 15.4. The van der Waals surface area contributed by atoms with Gasteiger partial charge in [0.25, 0.3) is 0 Å². The van der Waals surface area contributed by atoms with Crippen LogP contribution in [0.3, 0.4) is 0 Å². The first-order valence-corrected chi connectivity index (χ1v) is 8.42. The number of nitrogens with one attached hydrogen (secondary N) is 2. The van der Waals surface area contributed by atoms with E-state index in [-0.39, 0.29) is 6.61 Å².